The zero-order valence-corrected chi connectivity index (χ0v) is 15.1. The summed E-state index contributed by atoms with van der Waals surface area (Å²) in [5.74, 6) is 0.614. The second-order valence-electron chi connectivity index (χ2n) is 4.70. The normalized spacial score (nSPS) is 10.8. The van der Waals surface area contributed by atoms with Crippen LogP contribution in [-0.2, 0) is 0 Å². The van der Waals surface area contributed by atoms with E-state index in [9.17, 15) is 15.4 Å². The zero-order valence-electron chi connectivity index (χ0n) is 12.9. The summed E-state index contributed by atoms with van der Waals surface area (Å²) in [4.78, 5) is 10.8. The first-order valence-electron chi connectivity index (χ1n) is 6.78. The van der Waals surface area contributed by atoms with E-state index in [2.05, 4.69) is 28.7 Å². The van der Waals surface area contributed by atoms with E-state index in [1.807, 2.05) is 12.1 Å². The number of nitriles is 1. The fourth-order valence-electron chi connectivity index (χ4n) is 2.12. The molecule has 0 heterocycles. The molecule has 2 aromatic rings. The predicted octanol–water partition coefficient (Wildman–Crippen LogP) is 4.28. The van der Waals surface area contributed by atoms with Crippen LogP contribution < -0.4 is 9.47 Å². The molecule has 0 aromatic heterocycles. The van der Waals surface area contributed by atoms with E-state index in [1.165, 1.54) is 32.4 Å². The molecule has 6 nitrogen and oxygen atoms in total. The van der Waals surface area contributed by atoms with Gasteiger partial charge in [0, 0.05) is 3.57 Å². The highest BCUT2D eigenvalue weighted by molar-refractivity contribution is 14.1. The number of hydrogen-bond donors (Lipinski definition) is 0. The van der Waals surface area contributed by atoms with Crippen LogP contribution in [-0.4, -0.2) is 19.1 Å². The van der Waals surface area contributed by atoms with E-state index in [4.69, 9.17) is 9.47 Å². The summed E-state index contributed by atoms with van der Waals surface area (Å²) in [7, 11) is 2.85. The molecular weight excluding hydrogens is 423 g/mol. The largest absolute Gasteiger partial charge is 0.493 e. The second-order valence-corrected chi connectivity index (χ2v) is 5.95. The monoisotopic (exact) mass is 436 g/mol. The Hall–Kier alpha value is -2.60. The van der Waals surface area contributed by atoms with Gasteiger partial charge < -0.3 is 9.47 Å². The summed E-state index contributed by atoms with van der Waals surface area (Å²) in [6.45, 7) is 0. The number of ether oxygens (including phenoxy) is 2. The number of methoxy groups -OCH3 is 2. The molecule has 0 N–H and O–H groups in total. The molecule has 122 valence electrons. The maximum Gasteiger partial charge on any atom is 0.280 e. The smallest absolute Gasteiger partial charge is 0.280 e. The lowest BCUT2D eigenvalue weighted by Gasteiger charge is -2.09. The highest BCUT2D eigenvalue weighted by atomic mass is 127. The Morgan fingerprint density at radius 3 is 2.29 bits per heavy atom. The maximum absolute atomic E-state index is 11.3. The summed E-state index contributed by atoms with van der Waals surface area (Å²) in [6.07, 6.45) is 1.47. The third kappa shape index (κ3) is 3.83. The molecule has 2 rings (SSSR count). The molecule has 0 aliphatic heterocycles. The predicted molar refractivity (Wildman–Crippen MR) is 98.8 cm³/mol. The lowest BCUT2D eigenvalue weighted by atomic mass is 10.0. The molecule has 2 aromatic carbocycles. The highest BCUT2D eigenvalue weighted by Gasteiger charge is 2.19. The Kier molecular flexibility index (Phi) is 5.76. The molecule has 0 saturated heterocycles. The molecule has 7 heteroatoms. The number of nitro groups is 1. The van der Waals surface area contributed by atoms with Gasteiger partial charge in [0.1, 0.15) is 0 Å². The first kappa shape index (κ1) is 17.7. The van der Waals surface area contributed by atoms with Crippen molar-refractivity contribution in [1.29, 1.82) is 5.26 Å². The van der Waals surface area contributed by atoms with Crippen LogP contribution in [0.2, 0.25) is 0 Å². The van der Waals surface area contributed by atoms with Gasteiger partial charge in [-0.3, -0.25) is 10.1 Å². The molecule has 0 bridgehead atoms. The van der Waals surface area contributed by atoms with E-state index >= 15 is 0 Å². The number of halogens is 1. The minimum absolute atomic E-state index is 0.161. The molecule has 0 fully saturated rings. The first-order valence-corrected chi connectivity index (χ1v) is 7.86. The Bertz CT molecular complexity index is 839. The van der Waals surface area contributed by atoms with Crippen molar-refractivity contribution in [3.63, 3.8) is 0 Å². The standard InChI is InChI=1S/C17H13IN2O4/c1-23-16-8-12(15(20(21)22)9-17(16)24-2)7-13(10-19)11-3-5-14(18)6-4-11/h3-9H,1-2H3/b13-7+. The van der Waals surface area contributed by atoms with Crippen LogP contribution >= 0.6 is 22.6 Å². The Morgan fingerprint density at radius 1 is 1.21 bits per heavy atom. The van der Waals surface area contributed by atoms with Crippen molar-refractivity contribution in [2.45, 2.75) is 0 Å². The quantitative estimate of drug-likeness (QED) is 0.230. The fourth-order valence-corrected chi connectivity index (χ4v) is 2.48. The number of rotatable bonds is 5. The van der Waals surface area contributed by atoms with E-state index < -0.39 is 4.92 Å². The Balaban J connectivity index is 2.62. The summed E-state index contributed by atoms with van der Waals surface area (Å²) < 4.78 is 11.3. The lowest BCUT2D eigenvalue weighted by Crippen LogP contribution is -1.97. The minimum atomic E-state index is -0.517. The van der Waals surface area contributed by atoms with Crippen LogP contribution in [0.1, 0.15) is 11.1 Å². The average Bonchev–Trinajstić information content (AvgIpc) is 2.59. The molecule has 0 spiro atoms. The number of nitro benzene ring substituents is 1. The summed E-state index contributed by atoms with van der Waals surface area (Å²) >= 11 is 2.16. The van der Waals surface area contributed by atoms with Gasteiger partial charge in [-0.05, 0) is 52.4 Å². The third-order valence-electron chi connectivity index (χ3n) is 3.31. The summed E-state index contributed by atoms with van der Waals surface area (Å²) in [5, 5.41) is 20.8. The number of benzene rings is 2. The van der Waals surface area contributed by atoms with Crippen LogP contribution in [0.15, 0.2) is 36.4 Å². The van der Waals surface area contributed by atoms with E-state index in [-0.39, 0.29) is 17.0 Å². The molecule has 0 radical (unpaired) electrons. The van der Waals surface area contributed by atoms with Crippen molar-refractivity contribution >= 4 is 39.9 Å². The van der Waals surface area contributed by atoms with Gasteiger partial charge in [0.2, 0.25) is 0 Å². The van der Waals surface area contributed by atoms with Gasteiger partial charge in [-0.25, -0.2) is 0 Å². The van der Waals surface area contributed by atoms with Crippen LogP contribution in [0.25, 0.3) is 11.6 Å². The van der Waals surface area contributed by atoms with Gasteiger partial charge in [-0.2, -0.15) is 5.26 Å². The van der Waals surface area contributed by atoms with Crippen LogP contribution in [0, 0.1) is 25.0 Å². The second kappa shape index (κ2) is 7.79. The molecular formula is C17H13IN2O4. The van der Waals surface area contributed by atoms with Crippen molar-refractivity contribution < 1.29 is 14.4 Å². The van der Waals surface area contributed by atoms with Gasteiger partial charge in [0.05, 0.1) is 42.4 Å². The fraction of sp³-hybridized carbons (Fsp3) is 0.118. The summed E-state index contributed by atoms with van der Waals surface area (Å²) in [5.41, 5.74) is 1.11. The molecule has 0 atom stereocenters. The van der Waals surface area contributed by atoms with Gasteiger partial charge in [-0.15, -0.1) is 0 Å². The summed E-state index contributed by atoms with van der Waals surface area (Å²) in [6, 6.07) is 12.2. The number of nitrogens with zero attached hydrogens (tertiary/aromatic N) is 2. The third-order valence-corrected chi connectivity index (χ3v) is 4.02. The van der Waals surface area contributed by atoms with Gasteiger partial charge in [-0.1, -0.05) is 12.1 Å². The van der Waals surface area contributed by atoms with Crippen molar-refractivity contribution in [3.8, 4) is 17.6 Å². The molecule has 0 amide bonds. The SMILES string of the molecule is COc1cc(/C=C(\C#N)c2ccc(I)cc2)c([N+](=O)[O-])cc1OC. The van der Waals surface area contributed by atoms with E-state index in [0.717, 1.165) is 3.57 Å². The van der Waals surface area contributed by atoms with Crippen LogP contribution in [0.4, 0.5) is 5.69 Å². The topological polar surface area (TPSA) is 85.4 Å². The minimum Gasteiger partial charge on any atom is -0.493 e. The Morgan fingerprint density at radius 2 is 1.79 bits per heavy atom. The van der Waals surface area contributed by atoms with Gasteiger partial charge >= 0.3 is 0 Å². The molecule has 0 unspecified atom stereocenters. The van der Waals surface area contributed by atoms with E-state index in [1.54, 1.807) is 12.1 Å². The van der Waals surface area contributed by atoms with E-state index in [0.29, 0.717) is 16.9 Å². The van der Waals surface area contributed by atoms with Crippen molar-refractivity contribution in [3.05, 3.63) is 61.2 Å². The Labute approximate surface area is 152 Å². The average molecular weight is 436 g/mol. The van der Waals surface area contributed by atoms with Crippen molar-refractivity contribution in [2.75, 3.05) is 14.2 Å². The molecule has 0 saturated carbocycles. The first-order chi connectivity index (χ1) is 11.5. The maximum atomic E-state index is 11.3. The number of allylic oxidation sites excluding steroid dienone is 1. The van der Waals surface area contributed by atoms with Crippen LogP contribution in [0.3, 0.4) is 0 Å². The molecule has 0 aliphatic carbocycles. The van der Waals surface area contributed by atoms with Crippen molar-refractivity contribution in [2.24, 2.45) is 0 Å². The lowest BCUT2D eigenvalue weighted by molar-refractivity contribution is -0.385. The number of hydrogen-bond acceptors (Lipinski definition) is 5. The molecule has 0 aliphatic rings. The molecule has 24 heavy (non-hydrogen) atoms. The van der Waals surface area contributed by atoms with Gasteiger partial charge in [0.25, 0.3) is 5.69 Å². The zero-order chi connectivity index (χ0) is 17.7. The van der Waals surface area contributed by atoms with Gasteiger partial charge in [0.15, 0.2) is 11.5 Å². The van der Waals surface area contributed by atoms with Crippen molar-refractivity contribution in [1.82, 2.24) is 0 Å². The highest BCUT2D eigenvalue weighted by Crippen LogP contribution is 2.36. The van der Waals surface area contributed by atoms with Crippen LogP contribution in [0.5, 0.6) is 11.5 Å².